The molecule has 0 heterocycles. The van der Waals surface area contributed by atoms with Crippen LogP contribution in [-0.2, 0) is 11.3 Å². The molecule has 0 aromatic rings. The van der Waals surface area contributed by atoms with Crippen molar-refractivity contribution in [3.63, 3.8) is 0 Å². The molecule has 0 saturated carbocycles. The zero-order chi connectivity index (χ0) is 8.20. The van der Waals surface area contributed by atoms with Gasteiger partial charge < -0.3 is 5.11 Å². The molecule has 3 N–H and O–H groups in total. The highest BCUT2D eigenvalue weighted by molar-refractivity contribution is 7.77. The maximum Gasteiger partial charge on any atom is 0.234 e. The van der Waals surface area contributed by atoms with E-state index in [1.807, 2.05) is 0 Å². The van der Waals surface area contributed by atoms with Crippen LogP contribution in [0.2, 0.25) is 0 Å². The standard InChI is InChI=1S/C5H13NO3S/c1-3-5(7,4-2)6-10(8)9/h6-7H,3-4H2,1-2H3,(H,8,9). The van der Waals surface area contributed by atoms with Gasteiger partial charge in [0.1, 0.15) is 5.72 Å². The van der Waals surface area contributed by atoms with Crippen LogP contribution >= 0.6 is 0 Å². The normalized spacial score (nSPS) is 15.2. The summed E-state index contributed by atoms with van der Waals surface area (Å²) in [6.07, 6.45) is 0.825. The average Bonchev–Trinajstić information content (AvgIpc) is 1.87. The molecule has 0 spiro atoms. The first-order valence-corrected chi connectivity index (χ1v) is 4.26. The molecule has 0 rings (SSSR count). The van der Waals surface area contributed by atoms with Gasteiger partial charge in [-0.1, -0.05) is 13.8 Å². The Hall–Kier alpha value is 0.0300. The third-order valence-corrected chi connectivity index (χ3v) is 2.00. The monoisotopic (exact) mass is 167 g/mol. The second kappa shape index (κ2) is 4.02. The van der Waals surface area contributed by atoms with E-state index in [0.717, 1.165) is 0 Å². The van der Waals surface area contributed by atoms with Gasteiger partial charge in [-0.2, -0.15) is 4.72 Å². The van der Waals surface area contributed by atoms with Crippen molar-refractivity contribution in [2.24, 2.45) is 0 Å². The topological polar surface area (TPSA) is 69.6 Å². The summed E-state index contributed by atoms with van der Waals surface area (Å²) in [6.45, 7) is 3.48. The summed E-state index contributed by atoms with van der Waals surface area (Å²) >= 11 is -2.13. The lowest BCUT2D eigenvalue weighted by Gasteiger charge is -2.23. The molecule has 0 aliphatic carbocycles. The van der Waals surface area contributed by atoms with E-state index >= 15 is 0 Å². The van der Waals surface area contributed by atoms with Gasteiger partial charge in [-0.25, -0.2) is 4.21 Å². The first-order chi connectivity index (χ1) is 4.54. The molecule has 0 radical (unpaired) electrons. The molecule has 5 heteroatoms. The van der Waals surface area contributed by atoms with Gasteiger partial charge >= 0.3 is 0 Å². The van der Waals surface area contributed by atoms with E-state index < -0.39 is 17.0 Å². The summed E-state index contributed by atoms with van der Waals surface area (Å²) in [5, 5.41) is 9.34. The minimum atomic E-state index is -2.13. The fourth-order valence-electron chi connectivity index (χ4n) is 0.557. The number of hydrogen-bond acceptors (Lipinski definition) is 2. The smallest absolute Gasteiger partial charge is 0.234 e. The lowest BCUT2D eigenvalue weighted by Crippen LogP contribution is -2.44. The minimum absolute atomic E-state index is 0.413. The second-order valence-corrected chi connectivity index (χ2v) is 2.79. The van der Waals surface area contributed by atoms with Crippen molar-refractivity contribution in [2.45, 2.75) is 32.4 Å². The largest absolute Gasteiger partial charge is 0.375 e. The molecule has 0 amide bonds. The molecule has 0 fully saturated rings. The van der Waals surface area contributed by atoms with Gasteiger partial charge in [0, 0.05) is 0 Å². The molecule has 1 unspecified atom stereocenters. The number of rotatable bonds is 4. The Balaban J connectivity index is 3.92. The van der Waals surface area contributed by atoms with E-state index in [4.69, 9.17) is 4.55 Å². The first kappa shape index (κ1) is 10.0. The Morgan fingerprint density at radius 2 is 1.90 bits per heavy atom. The summed E-state index contributed by atoms with van der Waals surface area (Å²) in [7, 11) is 0. The van der Waals surface area contributed by atoms with Gasteiger partial charge in [0.05, 0.1) is 0 Å². The van der Waals surface area contributed by atoms with Crippen LogP contribution in [0.1, 0.15) is 26.7 Å². The first-order valence-electron chi connectivity index (χ1n) is 3.15. The Morgan fingerprint density at radius 1 is 1.50 bits per heavy atom. The average molecular weight is 167 g/mol. The van der Waals surface area contributed by atoms with Gasteiger partial charge in [0.25, 0.3) is 0 Å². The van der Waals surface area contributed by atoms with Crippen molar-refractivity contribution in [1.82, 2.24) is 4.72 Å². The van der Waals surface area contributed by atoms with Crippen LogP contribution in [0.5, 0.6) is 0 Å². The maximum absolute atomic E-state index is 10.2. The Bertz CT molecular complexity index is 124. The van der Waals surface area contributed by atoms with E-state index in [-0.39, 0.29) is 0 Å². The lowest BCUT2D eigenvalue weighted by atomic mass is 10.1. The second-order valence-electron chi connectivity index (χ2n) is 2.09. The number of aliphatic hydroxyl groups is 1. The van der Waals surface area contributed by atoms with Crippen LogP contribution in [0.25, 0.3) is 0 Å². The van der Waals surface area contributed by atoms with Crippen molar-refractivity contribution in [1.29, 1.82) is 0 Å². The summed E-state index contributed by atoms with van der Waals surface area (Å²) in [6, 6.07) is 0. The van der Waals surface area contributed by atoms with Gasteiger partial charge in [-0.15, -0.1) is 0 Å². The predicted octanol–water partition coefficient (Wildman–Crippen LogP) is 0.221. The van der Waals surface area contributed by atoms with Crippen LogP contribution in [0.15, 0.2) is 0 Å². The molecule has 0 aliphatic rings. The third-order valence-electron chi connectivity index (χ3n) is 1.45. The molecule has 4 nitrogen and oxygen atoms in total. The van der Waals surface area contributed by atoms with Gasteiger partial charge in [0.15, 0.2) is 0 Å². The number of nitrogens with one attached hydrogen (secondary N) is 1. The SMILES string of the molecule is CCC(O)(CC)NS(=O)O. The van der Waals surface area contributed by atoms with Gasteiger partial charge in [-0.3, -0.25) is 4.55 Å². The fourth-order valence-corrected chi connectivity index (χ4v) is 1.17. The minimum Gasteiger partial charge on any atom is -0.375 e. The van der Waals surface area contributed by atoms with Crippen molar-refractivity contribution >= 4 is 11.3 Å². The molecule has 0 aromatic carbocycles. The van der Waals surface area contributed by atoms with E-state index in [1.165, 1.54) is 0 Å². The van der Waals surface area contributed by atoms with Gasteiger partial charge in [0.2, 0.25) is 11.3 Å². The maximum atomic E-state index is 10.2. The quantitative estimate of drug-likeness (QED) is 0.414. The molecule has 0 saturated heterocycles. The molecule has 62 valence electrons. The van der Waals surface area contributed by atoms with Crippen LogP contribution in [0.4, 0.5) is 0 Å². The van der Waals surface area contributed by atoms with Crippen LogP contribution in [0, 0.1) is 0 Å². The predicted molar refractivity (Wildman–Crippen MR) is 39.4 cm³/mol. The molecule has 0 bridgehead atoms. The van der Waals surface area contributed by atoms with Crippen molar-refractivity contribution in [3.8, 4) is 0 Å². The van der Waals surface area contributed by atoms with E-state index in [2.05, 4.69) is 4.72 Å². The van der Waals surface area contributed by atoms with E-state index in [1.54, 1.807) is 13.8 Å². The molecular formula is C5H13NO3S. The van der Waals surface area contributed by atoms with Crippen LogP contribution < -0.4 is 4.72 Å². The van der Waals surface area contributed by atoms with Crippen molar-refractivity contribution in [2.75, 3.05) is 0 Å². The zero-order valence-corrected chi connectivity index (χ0v) is 6.94. The van der Waals surface area contributed by atoms with Crippen LogP contribution in [-0.4, -0.2) is 19.6 Å². The van der Waals surface area contributed by atoms with Crippen molar-refractivity contribution < 1.29 is 13.9 Å². The number of hydrogen-bond donors (Lipinski definition) is 3. The van der Waals surface area contributed by atoms with Crippen molar-refractivity contribution in [3.05, 3.63) is 0 Å². The molecule has 0 aromatic heterocycles. The zero-order valence-electron chi connectivity index (χ0n) is 6.13. The van der Waals surface area contributed by atoms with E-state index in [9.17, 15) is 9.32 Å². The highest BCUT2D eigenvalue weighted by Gasteiger charge is 2.23. The third kappa shape index (κ3) is 3.26. The lowest BCUT2D eigenvalue weighted by molar-refractivity contribution is 0.0207. The summed E-state index contributed by atoms with van der Waals surface area (Å²) in [4.78, 5) is 0. The molecule has 0 aliphatic heterocycles. The Labute approximate surface area is 63.1 Å². The summed E-state index contributed by atoms with van der Waals surface area (Å²) < 4.78 is 20.7. The summed E-state index contributed by atoms with van der Waals surface area (Å²) in [5.41, 5.74) is -1.19. The highest BCUT2D eigenvalue weighted by atomic mass is 32.2. The molecule has 10 heavy (non-hydrogen) atoms. The molecular weight excluding hydrogens is 154 g/mol. The summed E-state index contributed by atoms with van der Waals surface area (Å²) in [5.74, 6) is 0. The van der Waals surface area contributed by atoms with Crippen LogP contribution in [0.3, 0.4) is 0 Å². The highest BCUT2D eigenvalue weighted by Crippen LogP contribution is 2.09. The Morgan fingerprint density at radius 3 is 2.00 bits per heavy atom. The molecule has 1 atom stereocenters. The van der Waals surface area contributed by atoms with E-state index in [0.29, 0.717) is 12.8 Å². The Kier molecular flexibility index (Phi) is 4.04. The fraction of sp³-hybridized carbons (Fsp3) is 1.00. The van der Waals surface area contributed by atoms with Gasteiger partial charge in [-0.05, 0) is 12.8 Å².